The lowest BCUT2D eigenvalue weighted by atomic mass is 10.0. The van der Waals surface area contributed by atoms with Gasteiger partial charge in [-0.05, 0) is 26.8 Å². The molecule has 7 nitrogen and oxygen atoms in total. The van der Waals surface area contributed by atoms with Crippen LogP contribution in [0.15, 0.2) is 48.5 Å². The maximum absolute atomic E-state index is 12.7. The molecule has 0 saturated heterocycles. The number of carbonyl (C=O) groups excluding carboxylic acids is 2. The standard InChI is InChI=1S/C18H18N2O5/c1-18(2,3)25-17(22)19-15-10-9-13(20(23)24)11-14(15)16(21)12-7-5-4-6-8-12/h4-11H,1-3H3,(H,19,22). The van der Waals surface area contributed by atoms with E-state index in [4.69, 9.17) is 4.74 Å². The molecule has 7 heteroatoms. The number of nitrogens with zero attached hydrogens (tertiary/aromatic N) is 1. The summed E-state index contributed by atoms with van der Waals surface area (Å²) >= 11 is 0. The van der Waals surface area contributed by atoms with Gasteiger partial charge in [0.05, 0.1) is 16.2 Å². The van der Waals surface area contributed by atoms with Crippen molar-refractivity contribution < 1.29 is 19.2 Å². The van der Waals surface area contributed by atoms with Crippen molar-refractivity contribution in [1.82, 2.24) is 0 Å². The second-order valence-electron chi connectivity index (χ2n) is 6.31. The summed E-state index contributed by atoms with van der Waals surface area (Å²) in [7, 11) is 0. The van der Waals surface area contributed by atoms with E-state index in [2.05, 4.69) is 5.32 Å². The van der Waals surface area contributed by atoms with Crippen molar-refractivity contribution in [2.24, 2.45) is 0 Å². The van der Waals surface area contributed by atoms with Crippen LogP contribution in [0.3, 0.4) is 0 Å². The molecule has 0 unspecified atom stereocenters. The number of rotatable bonds is 4. The zero-order chi connectivity index (χ0) is 18.6. The Hall–Kier alpha value is -3.22. The van der Waals surface area contributed by atoms with Crippen LogP contribution in [0.5, 0.6) is 0 Å². The van der Waals surface area contributed by atoms with Crippen LogP contribution in [-0.4, -0.2) is 22.4 Å². The summed E-state index contributed by atoms with van der Waals surface area (Å²) in [4.78, 5) is 35.1. The fourth-order valence-corrected chi connectivity index (χ4v) is 2.10. The molecule has 0 atom stereocenters. The molecule has 0 aliphatic rings. The first-order valence-corrected chi connectivity index (χ1v) is 7.55. The second kappa shape index (κ2) is 7.12. The van der Waals surface area contributed by atoms with Gasteiger partial charge in [-0.3, -0.25) is 20.2 Å². The van der Waals surface area contributed by atoms with E-state index in [1.807, 2.05) is 0 Å². The highest BCUT2D eigenvalue weighted by atomic mass is 16.6. The van der Waals surface area contributed by atoms with Gasteiger partial charge in [0.2, 0.25) is 0 Å². The van der Waals surface area contributed by atoms with E-state index < -0.39 is 22.4 Å². The van der Waals surface area contributed by atoms with Crippen molar-refractivity contribution in [3.8, 4) is 0 Å². The number of anilines is 1. The van der Waals surface area contributed by atoms with Crippen molar-refractivity contribution in [1.29, 1.82) is 0 Å². The van der Waals surface area contributed by atoms with Crippen molar-refractivity contribution in [2.45, 2.75) is 26.4 Å². The lowest BCUT2D eigenvalue weighted by molar-refractivity contribution is -0.384. The summed E-state index contributed by atoms with van der Waals surface area (Å²) in [6.45, 7) is 5.12. The van der Waals surface area contributed by atoms with Gasteiger partial charge in [-0.2, -0.15) is 0 Å². The lowest BCUT2D eigenvalue weighted by Gasteiger charge is -2.20. The molecule has 1 N–H and O–H groups in total. The van der Waals surface area contributed by atoms with Gasteiger partial charge in [-0.15, -0.1) is 0 Å². The Labute approximate surface area is 144 Å². The number of ketones is 1. The summed E-state index contributed by atoms with van der Waals surface area (Å²) in [5, 5.41) is 13.5. The lowest BCUT2D eigenvalue weighted by Crippen LogP contribution is -2.27. The normalized spacial score (nSPS) is 10.8. The molecule has 1 amide bonds. The fourth-order valence-electron chi connectivity index (χ4n) is 2.10. The fraction of sp³-hybridized carbons (Fsp3) is 0.222. The maximum atomic E-state index is 12.7. The smallest absolute Gasteiger partial charge is 0.412 e. The topological polar surface area (TPSA) is 98.5 Å². The minimum atomic E-state index is -0.747. The highest BCUT2D eigenvalue weighted by molar-refractivity contribution is 6.13. The number of nitro groups is 1. The van der Waals surface area contributed by atoms with Crippen LogP contribution in [0.4, 0.5) is 16.2 Å². The predicted octanol–water partition coefficient (Wildman–Crippen LogP) is 4.17. The van der Waals surface area contributed by atoms with Crippen molar-refractivity contribution in [3.05, 3.63) is 69.8 Å². The van der Waals surface area contributed by atoms with Crippen LogP contribution in [-0.2, 0) is 4.74 Å². The third kappa shape index (κ3) is 4.87. The average molecular weight is 342 g/mol. The quantitative estimate of drug-likeness (QED) is 0.511. The van der Waals surface area contributed by atoms with E-state index in [1.165, 1.54) is 12.1 Å². The number of nitrogens with one attached hydrogen (secondary N) is 1. The van der Waals surface area contributed by atoms with Crippen LogP contribution in [0, 0.1) is 10.1 Å². The first-order chi connectivity index (χ1) is 11.7. The number of ether oxygens (including phenoxy) is 1. The zero-order valence-electron chi connectivity index (χ0n) is 14.1. The molecule has 0 aromatic heterocycles. The molecule has 2 aromatic rings. The van der Waals surface area contributed by atoms with E-state index >= 15 is 0 Å². The molecule has 25 heavy (non-hydrogen) atoms. The van der Waals surface area contributed by atoms with E-state index in [0.717, 1.165) is 6.07 Å². The third-order valence-corrected chi connectivity index (χ3v) is 3.13. The van der Waals surface area contributed by atoms with Gasteiger partial charge < -0.3 is 4.74 Å². The van der Waals surface area contributed by atoms with E-state index in [9.17, 15) is 19.7 Å². The summed E-state index contributed by atoms with van der Waals surface area (Å²) in [5.74, 6) is -0.435. The Morgan fingerprint density at radius 1 is 1.08 bits per heavy atom. The Balaban J connectivity index is 2.41. The zero-order valence-corrected chi connectivity index (χ0v) is 14.1. The summed E-state index contributed by atoms with van der Waals surface area (Å²) in [5.41, 5.74) is -0.432. The molecule has 0 heterocycles. The summed E-state index contributed by atoms with van der Waals surface area (Å²) in [6.07, 6.45) is -0.747. The molecule has 0 saturated carbocycles. The number of amides is 1. The Kier molecular flexibility index (Phi) is 5.17. The minimum absolute atomic E-state index is 0.0197. The number of nitro benzene ring substituents is 1. The SMILES string of the molecule is CC(C)(C)OC(=O)Nc1ccc([N+](=O)[O-])cc1C(=O)c1ccccc1. The van der Waals surface area contributed by atoms with Crippen molar-refractivity contribution in [2.75, 3.05) is 5.32 Å². The molecular weight excluding hydrogens is 324 g/mol. The molecule has 0 aliphatic heterocycles. The number of hydrogen-bond acceptors (Lipinski definition) is 5. The van der Waals surface area contributed by atoms with Gasteiger partial charge in [-0.25, -0.2) is 4.79 Å². The highest BCUT2D eigenvalue weighted by Gasteiger charge is 2.22. The van der Waals surface area contributed by atoms with E-state index in [1.54, 1.807) is 51.1 Å². The van der Waals surface area contributed by atoms with Crippen LogP contribution in [0.2, 0.25) is 0 Å². The predicted molar refractivity (Wildman–Crippen MR) is 92.8 cm³/mol. The van der Waals surface area contributed by atoms with Gasteiger partial charge in [0, 0.05) is 17.7 Å². The Morgan fingerprint density at radius 2 is 1.72 bits per heavy atom. The number of hydrogen-bond donors (Lipinski definition) is 1. The number of benzene rings is 2. The largest absolute Gasteiger partial charge is 0.444 e. The van der Waals surface area contributed by atoms with E-state index in [-0.39, 0.29) is 16.9 Å². The molecule has 2 rings (SSSR count). The van der Waals surface area contributed by atoms with Gasteiger partial charge in [-0.1, -0.05) is 30.3 Å². The van der Waals surface area contributed by atoms with E-state index in [0.29, 0.717) is 5.56 Å². The minimum Gasteiger partial charge on any atom is -0.444 e. The molecule has 130 valence electrons. The van der Waals surface area contributed by atoms with Crippen LogP contribution in [0.25, 0.3) is 0 Å². The summed E-state index contributed by atoms with van der Waals surface area (Å²) in [6, 6.07) is 12.0. The highest BCUT2D eigenvalue weighted by Crippen LogP contribution is 2.25. The average Bonchev–Trinajstić information content (AvgIpc) is 2.53. The molecule has 0 spiro atoms. The first kappa shape index (κ1) is 18.1. The number of non-ortho nitro benzene ring substituents is 1. The van der Waals surface area contributed by atoms with Crippen LogP contribution >= 0.6 is 0 Å². The maximum Gasteiger partial charge on any atom is 0.412 e. The molecule has 2 aromatic carbocycles. The third-order valence-electron chi connectivity index (χ3n) is 3.13. The van der Waals surface area contributed by atoms with Gasteiger partial charge in [0.25, 0.3) is 5.69 Å². The molecule has 0 fully saturated rings. The van der Waals surface area contributed by atoms with Crippen molar-refractivity contribution >= 4 is 23.3 Å². The molecule has 0 radical (unpaired) electrons. The Bertz CT molecular complexity index is 810. The number of carbonyl (C=O) groups is 2. The van der Waals surface area contributed by atoms with Crippen LogP contribution < -0.4 is 5.32 Å². The first-order valence-electron chi connectivity index (χ1n) is 7.55. The van der Waals surface area contributed by atoms with Gasteiger partial charge in [0.15, 0.2) is 5.78 Å². The molecule has 0 aliphatic carbocycles. The molecule has 0 bridgehead atoms. The monoisotopic (exact) mass is 342 g/mol. The van der Waals surface area contributed by atoms with Crippen LogP contribution in [0.1, 0.15) is 36.7 Å². The van der Waals surface area contributed by atoms with Gasteiger partial charge in [0.1, 0.15) is 5.60 Å². The van der Waals surface area contributed by atoms with Crippen molar-refractivity contribution in [3.63, 3.8) is 0 Å². The second-order valence-corrected chi connectivity index (χ2v) is 6.31. The van der Waals surface area contributed by atoms with Gasteiger partial charge >= 0.3 is 6.09 Å². The molecular formula is C18H18N2O5. The Morgan fingerprint density at radius 3 is 2.28 bits per heavy atom. The summed E-state index contributed by atoms with van der Waals surface area (Å²) < 4.78 is 5.16.